The maximum Gasteiger partial charge on any atom is 0.194 e. The topological polar surface area (TPSA) is 55.3 Å². The average Bonchev–Trinajstić information content (AvgIpc) is 3.23. The smallest absolute Gasteiger partial charge is 0.194 e. The number of nitrogens with one attached hydrogen (secondary N) is 1. The Kier molecular flexibility index (Phi) is 8.43. The van der Waals surface area contributed by atoms with Crippen molar-refractivity contribution in [3.63, 3.8) is 0 Å². The number of guanidine groups is 1. The highest BCUT2D eigenvalue weighted by molar-refractivity contribution is 14.0. The van der Waals surface area contributed by atoms with Crippen LogP contribution in [0.2, 0.25) is 0 Å². The predicted octanol–water partition coefficient (Wildman–Crippen LogP) is 2.37. The normalized spacial score (nSPS) is 32.8. The van der Waals surface area contributed by atoms with Crippen LogP contribution in [0.25, 0.3) is 0 Å². The van der Waals surface area contributed by atoms with Crippen LogP contribution in [0.3, 0.4) is 0 Å². The van der Waals surface area contributed by atoms with Gasteiger partial charge in [0.25, 0.3) is 0 Å². The van der Waals surface area contributed by atoms with Gasteiger partial charge in [0.15, 0.2) is 5.96 Å². The van der Waals surface area contributed by atoms with E-state index in [1.54, 1.807) is 7.11 Å². The summed E-state index contributed by atoms with van der Waals surface area (Å²) in [6.07, 6.45) is 2.75. The molecule has 1 saturated carbocycles. The molecular weight excluding hydrogens is 445 g/mol. The van der Waals surface area contributed by atoms with Crippen molar-refractivity contribution in [2.75, 3.05) is 53.2 Å². The molecule has 26 heavy (non-hydrogen) atoms. The molecule has 0 radical (unpaired) electrons. The second-order valence-electron chi connectivity index (χ2n) is 8.15. The van der Waals surface area contributed by atoms with E-state index in [0.717, 1.165) is 38.8 Å². The van der Waals surface area contributed by atoms with Crippen molar-refractivity contribution in [2.45, 2.75) is 45.8 Å². The summed E-state index contributed by atoms with van der Waals surface area (Å²) in [6, 6.07) is 0.460. The van der Waals surface area contributed by atoms with Crippen LogP contribution in [0, 0.1) is 17.3 Å². The minimum absolute atomic E-state index is 0. The van der Waals surface area contributed by atoms with E-state index < -0.39 is 0 Å². The SMILES string of the molecule is CCN=C(NC1C2CCOC2C1(C)C)N1CCC(COCCOC)C1.I. The molecule has 1 aliphatic carbocycles. The maximum absolute atomic E-state index is 5.93. The summed E-state index contributed by atoms with van der Waals surface area (Å²) < 4.78 is 16.7. The van der Waals surface area contributed by atoms with Crippen molar-refractivity contribution in [2.24, 2.45) is 22.2 Å². The molecule has 0 aromatic rings. The van der Waals surface area contributed by atoms with Crippen molar-refractivity contribution in [1.29, 1.82) is 0 Å². The molecule has 7 heteroatoms. The number of fused-ring (bicyclic) bond motifs is 1. The molecule has 2 aliphatic heterocycles. The highest BCUT2D eigenvalue weighted by atomic mass is 127. The minimum atomic E-state index is 0. The highest BCUT2D eigenvalue weighted by Crippen LogP contribution is 2.52. The van der Waals surface area contributed by atoms with Crippen molar-refractivity contribution >= 4 is 29.9 Å². The Bertz CT molecular complexity index is 475. The third-order valence-electron chi connectivity index (χ3n) is 6.06. The van der Waals surface area contributed by atoms with E-state index in [1.165, 1.54) is 12.8 Å². The Balaban J connectivity index is 0.00000243. The quantitative estimate of drug-likeness (QED) is 0.262. The molecular formula is C19H36IN3O3. The Morgan fingerprint density at radius 2 is 2.12 bits per heavy atom. The Morgan fingerprint density at radius 1 is 1.31 bits per heavy atom. The third kappa shape index (κ3) is 4.64. The molecule has 4 atom stereocenters. The molecule has 1 N–H and O–H groups in total. The first-order chi connectivity index (χ1) is 12.1. The maximum atomic E-state index is 5.93. The lowest BCUT2D eigenvalue weighted by Crippen LogP contribution is -2.68. The van der Waals surface area contributed by atoms with Gasteiger partial charge in [-0.25, -0.2) is 0 Å². The second kappa shape index (κ2) is 9.89. The first kappa shape index (κ1) is 22.2. The second-order valence-corrected chi connectivity index (χ2v) is 8.15. The zero-order valence-electron chi connectivity index (χ0n) is 16.7. The standard InChI is InChI=1S/C19H35N3O3.HI/c1-5-20-18(21-16-15-7-9-25-17(15)19(16,2)3)22-8-6-14(12-22)13-24-11-10-23-4;/h14-17H,5-13H2,1-4H3,(H,20,21);1H. The van der Waals surface area contributed by atoms with Gasteiger partial charge in [0.2, 0.25) is 0 Å². The predicted molar refractivity (Wildman–Crippen MR) is 114 cm³/mol. The Hall–Kier alpha value is -0.120. The summed E-state index contributed by atoms with van der Waals surface area (Å²) in [6.45, 7) is 12.7. The zero-order chi connectivity index (χ0) is 17.9. The number of hydrogen-bond acceptors (Lipinski definition) is 4. The van der Waals surface area contributed by atoms with Gasteiger partial charge in [0.05, 0.1) is 25.9 Å². The summed E-state index contributed by atoms with van der Waals surface area (Å²) in [7, 11) is 1.71. The van der Waals surface area contributed by atoms with Gasteiger partial charge in [-0.15, -0.1) is 24.0 Å². The van der Waals surface area contributed by atoms with E-state index in [-0.39, 0.29) is 29.4 Å². The van der Waals surface area contributed by atoms with Crippen LogP contribution in [0.1, 0.15) is 33.6 Å². The minimum Gasteiger partial charge on any atom is -0.382 e. The van der Waals surface area contributed by atoms with E-state index in [4.69, 9.17) is 19.2 Å². The van der Waals surface area contributed by atoms with Crippen LogP contribution < -0.4 is 5.32 Å². The molecule has 3 rings (SSSR count). The summed E-state index contributed by atoms with van der Waals surface area (Å²) in [5.74, 6) is 2.29. The fraction of sp³-hybridized carbons (Fsp3) is 0.947. The molecule has 3 fully saturated rings. The number of hydrogen-bond donors (Lipinski definition) is 1. The molecule has 3 aliphatic rings. The largest absolute Gasteiger partial charge is 0.382 e. The number of rotatable bonds is 7. The van der Waals surface area contributed by atoms with Gasteiger partial charge in [0.1, 0.15) is 0 Å². The number of aliphatic imine (C=N–C) groups is 1. The van der Waals surface area contributed by atoms with Gasteiger partial charge < -0.3 is 24.4 Å². The van der Waals surface area contributed by atoms with Crippen LogP contribution in [0.4, 0.5) is 0 Å². The number of halogens is 1. The first-order valence-corrected chi connectivity index (χ1v) is 9.82. The lowest BCUT2D eigenvalue weighted by atomic mass is 9.57. The van der Waals surface area contributed by atoms with Gasteiger partial charge in [0, 0.05) is 56.6 Å². The molecule has 0 amide bonds. The van der Waals surface area contributed by atoms with Gasteiger partial charge in [-0.3, -0.25) is 4.99 Å². The van der Waals surface area contributed by atoms with E-state index in [9.17, 15) is 0 Å². The molecule has 4 unspecified atom stereocenters. The Morgan fingerprint density at radius 3 is 2.85 bits per heavy atom. The van der Waals surface area contributed by atoms with Gasteiger partial charge in [-0.1, -0.05) is 13.8 Å². The van der Waals surface area contributed by atoms with Crippen molar-refractivity contribution in [3.8, 4) is 0 Å². The molecule has 6 nitrogen and oxygen atoms in total. The molecule has 0 spiro atoms. The zero-order valence-corrected chi connectivity index (χ0v) is 19.0. The molecule has 0 aromatic heterocycles. The van der Waals surface area contributed by atoms with Crippen molar-refractivity contribution < 1.29 is 14.2 Å². The molecule has 0 bridgehead atoms. The number of likely N-dealkylation sites (tertiary alicyclic amines) is 1. The van der Waals surface area contributed by atoms with E-state index in [0.29, 0.717) is 37.2 Å². The molecule has 152 valence electrons. The molecule has 0 aromatic carbocycles. The highest BCUT2D eigenvalue weighted by Gasteiger charge is 2.59. The third-order valence-corrected chi connectivity index (χ3v) is 6.06. The van der Waals surface area contributed by atoms with Crippen LogP contribution in [0.15, 0.2) is 4.99 Å². The average molecular weight is 481 g/mol. The van der Waals surface area contributed by atoms with E-state index in [2.05, 4.69) is 31.0 Å². The monoisotopic (exact) mass is 481 g/mol. The number of methoxy groups -OCH3 is 1. The summed E-state index contributed by atoms with van der Waals surface area (Å²) in [5.41, 5.74) is 0.179. The van der Waals surface area contributed by atoms with Gasteiger partial charge in [-0.2, -0.15) is 0 Å². The molecule has 2 saturated heterocycles. The van der Waals surface area contributed by atoms with Crippen LogP contribution >= 0.6 is 24.0 Å². The van der Waals surface area contributed by atoms with E-state index >= 15 is 0 Å². The van der Waals surface area contributed by atoms with Gasteiger partial charge in [-0.05, 0) is 19.8 Å². The summed E-state index contributed by atoms with van der Waals surface area (Å²) in [4.78, 5) is 7.19. The summed E-state index contributed by atoms with van der Waals surface area (Å²) >= 11 is 0. The number of nitrogens with zero attached hydrogens (tertiary/aromatic N) is 2. The number of ether oxygens (including phenoxy) is 3. The van der Waals surface area contributed by atoms with Crippen molar-refractivity contribution in [3.05, 3.63) is 0 Å². The lowest BCUT2D eigenvalue weighted by molar-refractivity contribution is -0.107. The van der Waals surface area contributed by atoms with Crippen LogP contribution in [-0.2, 0) is 14.2 Å². The first-order valence-electron chi connectivity index (χ1n) is 9.82. The van der Waals surface area contributed by atoms with Crippen LogP contribution in [0.5, 0.6) is 0 Å². The fourth-order valence-electron chi connectivity index (χ4n) is 4.70. The van der Waals surface area contributed by atoms with Gasteiger partial charge >= 0.3 is 0 Å². The van der Waals surface area contributed by atoms with E-state index in [1.807, 2.05) is 0 Å². The fourth-order valence-corrected chi connectivity index (χ4v) is 4.70. The summed E-state index contributed by atoms with van der Waals surface area (Å²) in [5, 5.41) is 3.79. The lowest BCUT2D eigenvalue weighted by Gasteiger charge is -2.55. The molecule has 2 heterocycles. The van der Waals surface area contributed by atoms with Crippen LogP contribution in [-0.4, -0.2) is 76.2 Å². The van der Waals surface area contributed by atoms with Crippen molar-refractivity contribution in [1.82, 2.24) is 10.2 Å². The Labute approximate surface area is 175 Å².